The maximum absolute atomic E-state index is 11.4. The second-order valence-corrected chi connectivity index (χ2v) is 5.80. The Balaban J connectivity index is 2.38. The Kier molecular flexibility index (Phi) is 5.64. The molecular formula is C17H23NO2. The van der Waals surface area contributed by atoms with Crippen LogP contribution >= 0.6 is 0 Å². The molecule has 0 heterocycles. The molecule has 0 saturated heterocycles. The van der Waals surface area contributed by atoms with Gasteiger partial charge in [-0.3, -0.25) is 0 Å². The van der Waals surface area contributed by atoms with E-state index < -0.39 is 11.7 Å². The highest BCUT2D eigenvalue weighted by Crippen LogP contribution is 2.09. The Hall–Kier alpha value is -1.95. The van der Waals surface area contributed by atoms with Crippen molar-refractivity contribution in [3.05, 3.63) is 34.9 Å². The van der Waals surface area contributed by atoms with Crippen LogP contribution in [-0.4, -0.2) is 18.2 Å². The Morgan fingerprint density at radius 1 is 1.30 bits per heavy atom. The van der Waals surface area contributed by atoms with Crippen molar-refractivity contribution in [3.63, 3.8) is 0 Å². The molecule has 0 aliphatic carbocycles. The molecular weight excluding hydrogens is 250 g/mol. The van der Waals surface area contributed by atoms with Crippen LogP contribution < -0.4 is 5.32 Å². The Bertz CT molecular complexity index is 530. The predicted octanol–water partition coefficient (Wildman–Crippen LogP) is 3.57. The third-order valence-electron chi connectivity index (χ3n) is 2.52. The van der Waals surface area contributed by atoms with Gasteiger partial charge in [0.2, 0.25) is 0 Å². The zero-order chi connectivity index (χ0) is 15.2. The van der Waals surface area contributed by atoms with E-state index in [-0.39, 0.29) is 0 Å². The highest BCUT2D eigenvalue weighted by Gasteiger charge is 2.15. The van der Waals surface area contributed by atoms with Crippen LogP contribution in [0.5, 0.6) is 0 Å². The van der Waals surface area contributed by atoms with E-state index in [2.05, 4.69) is 43.1 Å². The van der Waals surface area contributed by atoms with Crippen molar-refractivity contribution in [2.75, 3.05) is 6.54 Å². The molecule has 0 spiro atoms. The van der Waals surface area contributed by atoms with Gasteiger partial charge in [0.05, 0.1) is 0 Å². The van der Waals surface area contributed by atoms with E-state index in [1.807, 2.05) is 26.8 Å². The number of nitrogens with one attached hydrogen (secondary N) is 1. The molecule has 0 saturated carbocycles. The van der Waals surface area contributed by atoms with Crippen LogP contribution in [0.1, 0.15) is 43.9 Å². The van der Waals surface area contributed by atoms with Crippen molar-refractivity contribution in [2.24, 2.45) is 0 Å². The van der Waals surface area contributed by atoms with Crippen LogP contribution in [0.3, 0.4) is 0 Å². The molecule has 1 N–H and O–H groups in total. The monoisotopic (exact) mass is 273 g/mol. The molecule has 20 heavy (non-hydrogen) atoms. The summed E-state index contributed by atoms with van der Waals surface area (Å²) >= 11 is 0. The smallest absolute Gasteiger partial charge is 0.407 e. The number of benzene rings is 1. The lowest BCUT2D eigenvalue weighted by atomic mass is 10.1. The fraction of sp³-hybridized carbons (Fsp3) is 0.471. The van der Waals surface area contributed by atoms with Crippen molar-refractivity contribution >= 4 is 6.09 Å². The van der Waals surface area contributed by atoms with Gasteiger partial charge in [-0.25, -0.2) is 4.79 Å². The topological polar surface area (TPSA) is 38.3 Å². The zero-order valence-electron chi connectivity index (χ0n) is 13.0. The largest absolute Gasteiger partial charge is 0.444 e. The molecule has 0 aliphatic heterocycles. The van der Waals surface area contributed by atoms with Crippen molar-refractivity contribution < 1.29 is 9.53 Å². The van der Waals surface area contributed by atoms with Crippen LogP contribution in [0.25, 0.3) is 0 Å². The van der Waals surface area contributed by atoms with E-state index in [0.717, 1.165) is 5.56 Å². The highest BCUT2D eigenvalue weighted by atomic mass is 16.6. The molecule has 0 fully saturated rings. The lowest BCUT2D eigenvalue weighted by molar-refractivity contribution is 0.0529. The molecule has 1 aromatic rings. The highest BCUT2D eigenvalue weighted by molar-refractivity contribution is 5.67. The van der Waals surface area contributed by atoms with E-state index in [4.69, 9.17) is 4.74 Å². The van der Waals surface area contributed by atoms with Crippen molar-refractivity contribution in [1.82, 2.24) is 5.32 Å². The lowest BCUT2D eigenvalue weighted by Gasteiger charge is -2.19. The van der Waals surface area contributed by atoms with Gasteiger partial charge in [-0.15, -0.1) is 0 Å². The molecule has 0 unspecified atom stereocenters. The number of ether oxygens (including phenoxy) is 1. The zero-order valence-corrected chi connectivity index (χ0v) is 13.0. The van der Waals surface area contributed by atoms with Crippen molar-refractivity contribution in [1.29, 1.82) is 0 Å². The minimum atomic E-state index is -0.464. The van der Waals surface area contributed by atoms with Crippen LogP contribution in [0.4, 0.5) is 4.79 Å². The van der Waals surface area contributed by atoms with Crippen LogP contribution in [0.2, 0.25) is 0 Å². The summed E-state index contributed by atoms with van der Waals surface area (Å²) < 4.78 is 5.14. The first-order chi connectivity index (χ1) is 9.28. The number of aryl methyl sites for hydroxylation is 2. The Morgan fingerprint density at radius 3 is 2.60 bits per heavy atom. The van der Waals surface area contributed by atoms with E-state index in [1.54, 1.807) is 0 Å². The number of carbonyl (C=O) groups is 1. The van der Waals surface area contributed by atoms with Gasteiger partial charge in [-0.1, -0.05) is 29.5 Å². The molecule has 3 nitrogen and oxygen atoms in total. The minimum Gasteiger partial charge on any atom is -0.444 e. The number of rotatable bonds is 2. The fourth-order valence-corrected chi connectivity index (χ4v) is 1.65. The van der Waals surface area contributed by atoms with Crippen molar-refractivity contribution in [3.8, 4) is 11.8 Å². The second-order valence-electron chi connectivity index (χ2n) is 5.80. The normalized spacial score (nSPS) is 10.4. The molecule has 108 valence electrons. The van der Waals surface area contributed by atoms with Gasteiger partial charge in [-0.05, 0) is 46.2 Å². The number of carbonyl (C=O) groups excluding carboxylic acids is 1. The van der Waals surface area contributed by atoms with Gasteiger partial charge in [-0.2, -0.15) is 0 Å². The Morgan fingerprint density at radius 2 is 2.00 bits per heavy atom. The summed E-state index contributed by atoms with van der Waals surface area (Å²) in [5.41, 5.74) is 2.99. The summed E-state index contributed by atoms with van der Waals surface area (Å²) in [6.45, 7) is 10.1. The average Bonchev–Trinajstić information content (AvgIpc) is 2.28. The predicted molar refractivity (Wildman–Crippen MR) is 81.6 cm³/mol. The van der Waals surface area contributed by atoms with E-state index in [1.165, 1.54) is 11.1 Å². The molecule has 1 rings (SSSR count). The standard InChI is InChI=1S/C17H23NO2/c1-13-9-10-15(14(2)12-13)8-6-7-11-18-16(19)20-17(3,4)5/h9-10,12H,7,11H2,1-5H3,(H,18,19). The van der Waals surface area contributed by atoms with E-state index in [0.29, 0.717) is 13.0 Å². The van der Waals surface area contributed by atoms with Gasteiger partial charge in [0.1, 0.15) is 5.60 Å². The maximum Gasteiger partial charge on any atom is 0.407 e. The lowest BCUT2D eigenvalue weighted by Crippen LogP contribution is -2.32. The first-order valence-corrected chi connectivity index (χ1v) is 6.81. The summed E-state index contributed by atoms with van der Waals surface area (Å²) in [4.78, 5) is 11.4. The second kappa shape index (κ2) is 7.00. The van der Waals surface area contributed by atoms with E-state index in [9.17, 15) is 4.79 Å². The van der Waals surface area contributed by atoms with Gasteiger partial charge in [0.15, 0.2) is 0 Å². The minimum absolute atomic E-state index is 0.397. The number of hydrogen-bond acceptors (Lipinski definition) is 2. The molecule has 1 aromatic carbocycles. The van der Waals surface area contributed by atoms with Crippen LogP contribution in [-0.2, 0) is 4.74 Å². The molecule has 0 aromatic heterocycles. The summed E-state index contributed by atoms with van der Waals surface area (Å²) in [6, 6.07) is 6.19. The quantitative estimate of drug-likeness (QED) is 0.661. The molecule has 1 amide bonds. The number of amides is 1. The van der Waals surface area contributed by atoms with Gasteiger partial charge >= 0.3 is 6.09 Å². The molecule has 0 aliphatic rings. The van der Waals surface area contributed by atoms with Crippen LogP contribution in [0, 0.1) is 25.7 Å². The van der Waals surface area contributed by atoms with Gasteiger partial charge < -0.3 is 10.1 Å². The average molecular weight is 273 g/mol. The SMILES string of the molecule is Cc1ccc(C#CCCNC(=O)OC(C)(C)C)c(C)c1. The van der Waals surface area contributed by atoms with Gasteiger partial charge in [0, 0.05) is 18.5 Å². The Labute approximate surface area is 121 Å². The summed E-state index contributed by atoms with van der Waals surface area (Å²) in [5.74, 6) is 6.18. The maximum atomic E-state index is 11.4. The summed E-state index contributed by atoms with van der Waals surface area (Å²) in [6.07, 6.45) is 0.206. The molecule has 0 radical (unpaired) electrons. The third-order valence-corrected chi connectivity index (χ3v) is 2.52. The summed E-state index contributed by atoms with van der Waals surface area (Å²) in [7, 11) is 0. The molecule has 0 bridgehead atoms. The summed E-state index contributed by atoms with van der Waals surface area (Å²) in [5, 5.41) is 2.69. The fourth-order valence-electron chi connectivity index (χ4n) is 1.65. The van der Waals surface area contributed by atoms with Crippen LogP contribution in [0.15, 0.2) is 18.2 Å². The number of alkyl carbamates (subject to hydrolysis) is 1. The van der Waals surface area contributed by atoms with Crippen molar-refractivity contribution in [2.45, 2.75) is 46.6 Å². The molecule has 3 heteroatoms. The first kappa shape index (κ1) is 16.1. The number of hydrogen-bond donors (Lipinski definition) is 1. The molecule has 0 atom stereocenters. The first-order valence-electron chi connectivity index (χ1n) is 6.81. The third kappa shape index (κ3) is 6.29. The van der Waals surface area contributed by atoms with Gasteiger partial charge in [0.25, 0.3) is 0 Å². The van der Waals surface area contributed by atoms with E-state index >= 15 is 0 Å².